The van der Waals surface area contributed by atoms with E-state index in [2.05, 4.69) is 9.97 Å². The van der Waals surface area contributed by atoms with E-state index in [0.717, 1.165) is 5.39 Å². The number of fused-ring (bicyclic) bond motifs is 4. The molecule has 0 bridgehead atoms. The highest BCUT2D eigenvalue weighted by Crippen LogP contribution is 2.47. The maximum atomic E-state index is 12.6. The molecule has 2 N–H and O–H groups in total. The summed E-state index contributed by atoms with van der Waals surface area (Å²) < 4.78 is 4.96. The molecule has 5 rings (SSSR count). The Morgan fingerprint density at radius 1 is 0.861 bits per heavy atom. The van der Waals surface area contributed by atoms with Gasteiger partial charge in [-0.25, -0.2) is 9.97 Å². The molecule has 0 saturated heterocycles. The minimum Gasteiger partial charge on any atom is -0.508 e. The van der Waals surface area contributed by atoms with E-state index >= 15 is 0 Å². The summed E-state index contributed by atoms with van der Waals surface area (Å²) in [6.07, 6.45) is -0.233. The number of phenolic OH excluding ortho intramolecular Hbond substituents is 2. The van der Waals surface area contributed by atoms with Crippen LogP contribution in [0.2, 0.25) is 0 Å². The summed E-state index contributed by atoms with van der Waals surface area (Å²) in [6, 6.07) is 21.4. The van der Waals surface area contributed by atoms with E-state index in [1.54, 1.807) is 30.3 Å². The van der Waals surface area contributed by atoms with Crippen LogP contribution in [0.3, 0.4) is 0 Å². The number of hydrogen-bond acceptors (Lipinski definition) is 8. The average molecular weight is 474 g/mol. The molecule has 0 aliphatic rings. The predicted molar refractivity (Wildman–Crippen MR) is 132 cm³/mol. The van der Waals surface area contributed by atoms with Crippen LogP contribution < -0.4 is 0 Å². The second-order valence-electron chi connectivity index (χ2n) is 8.20. The van der Waals surface area contributed by atoms with Crippen LogP contribution in [-0.2, 0) is 9.53 Å². The van der Waals surface area contributed by atoms with E-state index in [4.69, 9.17) is 4.74 Å². The molecular weight excluding hydrogens is 456 g/mol. The fourth-order valence-electron chi connectivity index (χ4n) is 4.70. The number of nitrogens with zero attached hydrogens (tertiary/aromatic N) is 4. The number of esters is 1. The third kappa shape index (κ3) is 3.49. The first-order valence-electron chi connectivity index (χ1n) is 11.0. The van der Waals surface area contributed by atoms with E-state index in [1.807, 2.05) is 36.4 Å². The normalized spacial score (nSPS) is 11.8. The van der Waals surface area contributed by atoms with Crippen molar-refractivity contribution in [3.8, 4) is 23.6 Å². The van der Waals surface area contributed by atoms with Gasteiger partial charge >= 0.3 is 5.97 Å². The third-order valence-electron chi connectivity index (χ3n) is 6.30. The van der Waals surface area contributed by atoms with Crippen molar-refractivity contribution < 1.29 is 19.7 Å². The predicted octanol–water partition coefficient (Wildman–Crippen LogP) is 4.79. The first-order chi connectivity index (χ1) is 17.5. The van der Waals surface area contributed by atoms with Gasteiger partial charge in [-0.3, -0.25) is 4.79 Å². The average Bonchev–Trinajstić information content (AvgIpc) is 2.91. The van der Waals surface area contributed by atoms with Crippen molar-refractivity contribution in [3.05, 3.63) is 83.2 Å². The highest BCUT2D eigenvalue weighted by atomic mass is 16.5. The van der Waals surface area contributed by atoms with Crippen molar-refractivity contribution in [2.24, 2.45) is 0 Å². The van der Waals surface area contributed by atoms with Crippen LogP contribution in [0.15, 0.2) is 60.7 Å². The quantitative estimate of drug-likeness (QED) is 0.280. The zero-order valence-electron chi connectivity index (χ0n) is 19.1. The van der Waals surface area contributed by atoms with E-state index in [0.29, 0.717) is 27.2 Å². The van der Waals surface area contributed by atoms with E-state index in [-0.39, 0.29) is 40.4 Å². The Morgan fingerprint density at radius 2 is 1.47 bits per heavy atom. The summed E-state index contributed by atoms with van der Waals surface area (Å²) in [7, 11) is 1.26. The van der Waals surface area contributed by atoms with Crippen molar-refractivity contribution in [2.75, 3.05) is 7.11 Å². The lowest BCUT2D eigenvalue weighted by atomic mass is 9.82. The number of benzene rings is 4. The molecule has 0 amide bonds. The number of nitriles is 2. The lowest BCUT2D eigenvalue weighted by Gasteiger charge is -2.23. The zero-order chi connectivity index (χ0) is 25.4. The number of methoxy groups -OCH3 is 1. The topological polar surface area (TPSA) is 140 Å². The number of aromatic hydroxyl groups is 2. The van der Waals surface area contributed by atoms with Crippen LogP contribution in [0, 0.1) is 22.7 Å². The first-order valence-corrected chi connectivity index (χ1v) is 11.0. The second kappa shape index (κ2) is 8.86. The van der Waals surface area contributed by atoms with Crippen molar-refractivity contribution in [1.82, 2.24) is 9.97 Å². The molecule has 1 atom stereocenters. The van der Waals surface area contributed by atoms with Gasteiger partial charge in [-0.1, -0.05) is 54.6 Å². The van der Waals surface area contributed by atoms with E-state index in [9.17, 15) is 25.5 Å². The second-order valence-corrected chi connectivity index (χ2v) is 8.20. The molecule has 1 aromatic heterocycles. The molecule has 1 heterocycles. The molecule has 1 unspecified atom stereocenters. The van der Waals surface area contributed by atoms with Crippen molar-refractivity contribution in [1.29, 1.82) is 10.5 Å². The maximum Gasteiger partial charge on any atom is 0.306 e. The highest BCUT2D eigenvalue weighted by molar-refractivity contribution is 6.10. The van der Waals surface area contributed by atoms with Gasteiger partial charge < -0.3 is 14.9 Å². The summed E-state index contributed by atoms with van der Waals surface area (Å²) in [5.74, 6) is -1.73. The Hall–Kier alpha value is -5.21. The number of carbonyl (C=O) groups excluding carboxylic acids is 1. The van der Waals surface area contributed by atoms with Crippen LogP contribution in [0.4, 0.5) is 0 Å². The van der Waals surface area contributed by atoms with E-state index < -0.39 is 11.9 Å². The molecule has 5 aromatic rings. The molecule has 174 valence electrons. The van der Waals surface area contributed by atoms with Gasteiger partial charge in [0.2, 0.25) is 0 Å². The molecule has 8 nitrogen and oxygen atoms in total. The number of aromatic nitrogens is 2. The first kappa shape index (κ1) is 22.6. The van der Waals surface area contributed by atoms with Crippen molar-refractivity contribution >= 4 is 38.5 Å². The van der Waals surface area contributed by atoms with Gasteiger partial charge in [0.15, 0.2) is 11.4 Å². The smallest absolute Gasteiger partial charge is 0.306 e. The Balaban J connectivity index is 1.98. The van der Waals surface area contributed by atoms with Crippen LogP contribution in [0.5, 0.6) is 11.5 Å². The molecule has 0 saturated carbocycles. The van der Waals surface area contributed by atoms with Gasteiger partial charge in [0.05, 0.1) is 24.6 Å². The largest absolute Gasteiger partial charge is 0.508 e. The molecular formula is C28H18N4O4. The lowest BCUT2D eigenvalue weighted by molar-refractivity contribution is -0.140. The van der Waals surface area contributed by atoms with Crippen LogP contribution >= 0.6 is 0 Å². The van der Waals surface area contributed by atoms with Crippen molar-refractivity contribution in [3.63, 3.8) is 0 Å². The SMILES string of the molecule is COC(=O)CC(c1c(O)ccc2ccccc12)c1c(O)c2ccccc2c2nc(C#N)c(C#N)nc12. The van der Waals surface area contributed by atoms with E-state index in [1.165, 1.54) is 13.2 Å². The monoisotopic (exact) mass is 474 g/mol. The summed E-state index contributed by atoms with van der Waals surface area (Å²) in [5.41, 5.74) is 0.694. The maximum absolute atomic E-state index is 12.6. The minimum absolute atomic E-state index is 0.0783. The van der Waals surface area contributed by atoms with Gasteiger partial charge in [-0.2, -0.15) is 10.5 Å². The lowest BCUT2D eigenvalue weighted by Crippen LogP contribution is -2.13. The van der Waals surface area contributed by atoms with Crippen LogP contribution in [0.25, 0.3) is 32.6 Å². The van der Waals surface area contributed by atoms with Crippen molar-refractivity contribution in [2.45, 2.75) is 12.3 Å². The van der Waals surface area contributed by atoms with Gasteiger partial charge in [0.25, 0.3) is 0 Å². The number of rotatable bonds is 4. The van der Waals surface area contributed by atoms with Gasteiger partial charge in [0.1, 0.15) is 23.6 Å². The van der Waals surface area contributed by atoms with Gasteiger partial charge in [-0.05, 0) is 16.8 Å². The van der Waals surface area contributed by atoms with Gasteiger partial charge in [-0.15, -0.1) is 0 Å². The molecule has 0 spiro atoms. The summed E-state index contributed by atoms with van der Waals surface area (Å²) in [5, 5.41) is 44.2. The number of phenols is 2. The summed E-state index contributed by atoms with van der Waals surface area (Å²) >= 11 is 0. The molecule has 0 radical (unpaired) electrons. The Bertz CT molecular complexity index is 1780. The number of hydrogen-bond donors (Lipinski definition) is 2. The molecule has 4 aromatic carbocycles. The molecule has 0 aliphatic heterocycles. The van der Waals surface area contributed by atoms with Gasteiger partial charge in [0, 0.05) is 27.8 Å². The highest BCUT2D eigenvalue weighted by Gasteiger charge is 2.31. The molecule has 8 heteroatoms. The number of ether oxygens (including phenoxy) is 1. The molecule has 36 heavy (non-hydrogen) atoms. The Labute approximate surface area is 205 Å². The van der Waals surface area contributed by atoms with Crippen LogP contribution in [-0.4, -0.2) is 33.3 Å². The zero-order valence-corrected chi connectivity index (χ0v) is 19.1. The standard InChI is InChI=1S/C28H18N4O4/c1-36-23(34)12-19(24-16-7-3-2-6-15(16)10-11-22(24)33)25-27-26(31-20(13-29)21(14-30)32-27)17-8-4-5-9-18(17)28(25)35/h2-11,19,33,35H,12H2,1H3. The summed E-state index contributed by atoms with van der Waals surface area (Å²) in [4.78, 5) is 21.5. The fraction of sp³-hybridized carbons (Fsp3) is 0.107. The minimum atomic E-state index is -0.913. The Kier molecular flexibility index (Phi) is 5.56. The molecule has 0 fully saturated rings. The number of carbonyl (C=O) groups is 1. The van der Waals surface area contributed by atoms with Crippen LogP contribution in [0.1, 0.15) is 34.9 Å². The third-order valence-corrected chi connectivity index (χ3v) is 6.30. The Morgan fingerprint density at radius 3 is 2.14 bits per heavy atom. The summed E-state index contributed by atoms with van der Waals surface area (Å²) in [6.45, 7) is 0. The molecule has 0 aliphatic carbocycles. The fourth-order valence-corrected chi connectivity index (χ4v) is 4.70.